The van der Waals surface area contributed by atoms with Crippen molar-refractivity contribution in [3.05, 3.63) is 103 Å². The molecule has 0 spiro atoms. The van der Waals surface area contributed by atoms with Gasteiger partial charge in [-0.15, -0.1) is 0 Å². The Morgan fingerprint density at radius 1 is 0.794 bits per heavy atom. The van der Waals surface area contributed by atoms with Gasteiger partial charge in [0.25, 0.3) is 0 Å². The zero-order valence-electron chi connectivity index (χ0n) is 21.0. The zero-order valence-corrected chi connectivity index (χ0v) is 22.0. The number of piperidine rings is 1. The first-order valence-corrected chi connectivity index (χ1v) is 14.9. The van der Waals surface area contributed by atoms with Crippen LogP contribution in [0.5, 0.6) is 0 Å². The Morgan fingerprint density at radius 2 is 1.21 bits per heavy atom. The third-order valence-corrected chi connectivity index (χ3v) is 12.1. The molecular weight excluding hydrogens is 433 g/mol. The Morgan fingerprint density at radius 3 is 1.59 bits per heavy atom. The van der Waals surface area contributed by atoms with Crippen molar-refractivity contribution in [1.82, 2.24) is 4.90 Å². The van der Waals surface area contributed by atoms with E-state index in [9.17, 15) is 0 Å². The van der Waals surface area contributed by atoms with Gasteiger partial charge in [-0.3, -0.25) is 0 Å². The van der Waals surface area contributed by atoms with Crippen LogP contribution in [-0.2, 0) is 4.74 Å². The molecule has 1 fully saturated rings. The van der Waals surface area contributed by atoms with E-state index < -0.39 is 7.26 Å². The van der Waals surface area contributed by atoms with Crippen molar-refractivity contribution in [3.63, 3.8) is 0 Å². The molecule has 0 bridgehead atoms. The van der Waals surface area contributed by atoms with E-state index in [1.54, 1.807) is 0 Å². The van der Waals surface area contributed by atoms with Crippen molar-refractivity contribution in [2.45, 2.75) is 45.6 Å². The number of benzene rings is 3. The van der Waals surface area contributed by atoms with Gasteiger partial charge in [0.05, 0.1) is 0 Å². The van der Waals surface area contributed by atoms with Gasteiger partial charge >= 0.3 is 207 Å². The zero-order chi connectivity index (χ0) is 24.0. The van der Waals surface area contributed by atoms with E-state index in [0.29, 0.717) is 0 Å². The maximum absolute atomic E-state index is 6.04. The van der Waals surface area contributed by atoms with Crippen LogP contribution in [0.15, 0.2) is 103 Å². The van der Waals surface area contributed by atoms with Crippen LogP contribution >= 0.6 is 7.26 Å². The van der Waals surface area contributed by atoms with E-state index in [1.807, 2.05) is 0 Å². The second-order valence-electron chi connectivity index (χ2n) is 10.6. The van der Waals surface area contributed by atoms with Gasteiger partial charge in [0.1, 0.15) is 0 Å². The number of rotatable bonds is 8. The van der Waals surface area contributed by atoms with Crippen LogP contribution in [0.3, 0.4) is 0 Å². The molecule has 0 amide bonds. The van der Waals surface area contributed by atoms with Crippen LogP contribution in [0.25, 0.3) is 0 Å². The Balaban J connectivity index is 1.57. The molecule has 0 radical (unpaired) electrons. The Hall–Kier alpha value is -2.57. The summed E-state index contributed by atoms with van der Waals surface area (Å²) in [5, 5.41) is 4.53. The molecule has 0 aromatic heterocycles. The molecule has 2 nitrogen and oxygen atoms in total. The van der Waals surface area contributed by atoms with E-state index in [0.717, 1.165) is 24.9 Å². The average Bonchev–Trinajstić information content (AvgIpc) is 2.86. The topological polar surface area (TPSA) is 12.5 Å². The predicted molar refractivity (Wildman–Crippen MR) is 150 cm³/mol. The van der Waals surface area contributed by atoms with Crippen LogP contribution in [-0.4, -0.2) is 29.8 Å². The molecule has 34 heavy (non-hydrogen) atoms. The number of likely N-dealkylation sites (tertiary alicyclic amines) is 1. The predicted octanol–water partition coefficient (Wildman–Crippen LogP) is 6.10. The summed E-state index contributed by atoms with van der Waals surface area (Å²) in [5.41, 5.74) is -0.194. The summed E-state index contributed by atoms with van der Waals surface area (Å²) in [6, 6.07) is 33.9. The molecule has 3 aromatic carbocycles. The maximum atomic E-state index is 6.04. The van der Waals surface area contributed by atoms with E-state index in [1.165, 1.54) is 41.3 Å². The second kappa shape index (κ2) is 10.8. The van der Waals surface area contributed by atoms with Gasteiger partial charge in [-0.1, -0.05) is 0 Å². The molecule has 3 aromatic rings. The molecular formula is C31H40NOP. The summed E-state index contributed by atoms with van der Waals surface area (Å²) in [7, 11) is -2.13. The van der Waals surface area contributed by atoms with Gasteiger partial charge < -0.3 is 0 Å². The van der Waals surface area contributed by atoms with E-state index in [2.05, 4.69) is 123 Å². The Kier molecular flexibility index (Phi) is 7.79. The van der Waals surface area contributed by atoms with Gasteiger partial charge in [0.15, 0.2) is 0 Å². The normalized spacial score (nSPS) is 15.7. The van der Waals surface area contributed by atoms with E-state index >= 15 is 0 Å². The second-order valence-corrected chi connectivity index (χ2v) is 14.6. The van der Waals surface area contributed by atoms with E-state index in [4.69, 9.17) is 4.74 Å². The molecule has 0 saturated carbocycles. The summed E-state index contributed by atoms with van der Waals surface area (Å²) in [5.74, 6) is 1.56. The van der Waals surface area contributed by atoms with Gasteiger partial charge in [0, 0.05) is 0 Å². The van der Waals surface area contributed by atoms with Gasteiger partial charge in [-0.2, -0.15) is 0 Å². The molecule has 180 valence electrons. The fraction of sp³-hybridized carbons (Fsp3) is 0.355. The first-order chi connectivity index (χ1) is 16.4. The summed E-state index contributed by atoms with van der Waals surface area (Å²) >= 11 is 0. The Labute approximate surface area is 207 Å². The molecule has 1 aliphatic rings. The molecule has 0 atom stereocenters. The first kappa shape index (κ1) is 24.6. The summed E-state index contributed by atoms with van der Waals surface area (Å²) in [6.07, 6.45) is 4.89. The minimum absolute atomic E-state index is 0.194. The summed E-state index contributed by atoms with van der Waals surface area (Å²) in [6.45, 7) is 12.5. The number of ether oxygens (including phenoxy) is 1. The fourth-order valence-corrected chi connectivity index (χ4v) is 10.4. The van der Waals surface area contributed by atoms with Crippen molar-refractivity contribution in [2.75, 3.05) is 19.3 Å². The van der Waals surface area contributed by atoms with Crippen LogP contribution < -0.4 is 15.9 Å². The van der Waals surface area contributed by atoms with Gasteiger partial charge in [0.2, 0.25) is 0 Å². The minimum atomic E-state index is -2.13. The number of hydrogen-bond acceptors (Lipinski definition) is 2. The first-order valence-electron chi connectivity index (χ1n) is 12.7. The molecule has 3 heteroatoms. The summed E-state index contributed by atoms with van der Waals surface area (Å²) in [4.78, 5) is 2.33. The molecule has 1 heterocycles. The molecule has 0 unspecified atom stereocenters. The van der Waals surface area contributed by atoms with Crippen molar-refractivity contribution in [1.29, 1.82) is 0 Å². The van der Waals surface area contributed by atoms with Crippen LogP contribution in [0.4, 0.5) is 0 Å². The van der Waals surface area contributed by atoms with Crippen LogP contribution in [0.2, 0.25) is 0 Å². The summed E-state index contributed by atoms with van der Waals surface area (Å²) < 4.78 is 6.04. The number of hydrogen-bond donors (Lipinski definition) is 0. The van der Waals surface area contributed by atoms with Crippen molar-refractivity contribution >= 4 is 23.2 Å². The third kappa shape index (κ3) is 5.73. The third-order valence-electron chi connectivity index (χ3n) is 7.12. The fourth-order valence-electron chi connectivity index (χ4n) is 5.41. The number of nitrogens with zero attached hydrogens (tertiary/aromatic N) is 1. The average molecular weight is 474 g/mol. The van der Waals surface area contributed by atoms with E-state index in [-0.39, 0.29) is 5.60 Å². The van der Waals surface area contributed by atoms with Gasteiger partial charge in [-0.25, -0.2) is 0 Å². The molecule has 1 saturated heterocycles. The Bertz CT molecular complexity index is 938. The molecule has 0 N–H and O–H groups in total. The molecule has 4 rings (SSSR count). The van der Waals surface area contributed by atoms with Crippen molar-refractivity contribution < 1.29 is 4.74 Å². The monoisotopic (exact) mass is 473 g/mol. The molecule has 0 aliphatic carbocycles. The van der Waals surface area contributed by atoms with Crippen molar-refractivity contribution in [2.24, 2.45) is 5.92 Å². The van der Waals surface area contributed by atoms with Gasteiger partial charge in [-0.05, 0) is 0 Å². The standard InChI is InChI=1S/C31H40NOP/c1-26(33-31(2,3)4)32-23-20-27(21-24-32)22-25-34(28-14-8-5-9-15-28,29-16-10-6-11-17-29)30-18-12-7-13-19-30/h5-19,27,34H,1,20-25H2,2-4H3. The van der Waals surface area contributed by atoms with Crippen molar-refractivity contribution in [3.8, 4) is 0 Å². The molecule has 1 aliphatic heterocycles. The quantitative estimate of drug-likeness (QED) is 0.289. The SMILES string of the molecule is C=C(OC(C)(C)C)N1CCC(CC[PH](c2ccccc2)(c2ccccc2)c2ccccc2)CC1. The van der Waals surface area contributed by atoms with Crippen LogP contribution in [0.1, 0.15) is 40.0 Å². The van der Waals surface area contributed by atoms with Crippen LogP contribution in [0, 0.1) is 5.92 Å².